The molecule has 0 atom stereocenters. The van der Waals surface area contributed by atoms with E-state index in [1.165, 1.54) is 7.11 Å². The van der Waals surface area contributed by atoms with E-state index in [9.17, 15) is 4.79 Å². The molecule has 0 amide bonds. The molecule has 8 nitrogen and oxygen atoms in total. The Hall–Kier alpha value is -4.33. The predicted octanol–water partition coefficient (Wildman–Crippen LogP) is 4.74. The number of rotatable bonds is 5. The monoisotopic (exact) mass is 412 g/mol. The van der Waals surface area contributed by atoms with Gasteiger partial charge < -0.3 is 24.9 Å². The fraction of sp³-hybridized carbons (Fsp3) is 0.0870. The maximum atomic E-state index is 11.7. The standard InChI is InChI=1S/C23H20N6O2/c1-29(17-4-6-18-14(12-17)7-9-24-18)23-25-10-8-21(28-23)26-16-3-5-19-15(11-16)13-20(27-19)22(30)31-2/h3-13,24,27H,1-2H3,(H,25,26,28). The number of carbonyl (C=O) groups is 1. The zero-order valence-electron chi connectivity index (χ0n) is 17.0. The first kappa shape index (κ1) is 18.7. The third-order valence-electron chi connectivity index (χ3n) is 5.17. The zero-order valence-corrected chi connectivity index (χ0v) is 17.0. The molecule has 0 aliphatic rings. The van der Waals surface area contributed by atoms with Gasteiger partial charge in [-0.2, -0.15) is 4.98 Å². The highest BCUT2D eigenvalue weighted by Gasteiger charge is 2.11. The smallest absolute Gasteiger partial charge is 0.354 e. The number of benzene rings is 2. The van der Waals surface area contributed by atoms with Crippen LogP contribution in [0.5, 0.6) is 0 Å². The molecule has 3 N–H and O–H groups in total. The topological polar surface area (TPSA) is 98.9 Å². The Balaban J connectivity index is 1.40. The minimum atomic E-state index is -0.396. The molecule has 0 aliphatic heterocycles. The molecule has 0 fully saturated rings. The Labute approximate surface area is 177 Å². The van der Waals surface area contributed by atoms with E-state index in [0.29, 0.717) is 17.5 Å². The number of fused-ring (bicyclic) bond motifs is 2. The number of anilines is 4. The van der Waals surface area contributed by atoms with Gasteiger partial charge in [0.25, 0.3) is 0 Å². The van der Waals surface area contributed by atoms with E-state index in [4.69, 9.17) is 4.74 Å². The van der Waals surface area contributed by atoms with Crippen LogP contribution in [0.15, 0.2) is 67.0 Å². The first-order valence-corrected chi connectivity index (χ1v) is 9.73. The van der Waals surface area contributed by atoms with Crippen LogP contribution in [0.4, 0.5) is 23.1 Å². The first-order valence-electron chi connectivity index (χ1n) is 9.73. The molecule has 8 heteroatoms. The Morgan fingerprint density at radius 1 is 1.03 bits per heavy atom. The van der Waals surface area contributed by atoms with Gasteiger partial charge in [-0.15, -0.1) is 0 Å². The summed E-state index contributed by atoms with van der Waals surface area (Å²) in [4.78, 5) is 29.0. The molecule has 0 bridgehead atoms. The number of carbonyl (C=O) groups excluding carboxylic acids is 1. The van der Waals surface area contributed by atoms with Crippen molar-refractivity contribution >= 4 is 50.9 Å². The lowest BCUT2D eigenvalue weighted by atomic mass is 10.2. The number of H-pyrrole nitrogens is 2. The second-order valence-corrected chi connectivity index (χ2v) is 7.15. The summed E-state index contributed by atoms with van der Waals surface area (Å²) in [7, 11) is 3.30. The molecule has 2 aromatic carbocycles. The number of nitrogens with one attached hydrogen (secondary N) is 3. The van der Waals surface area contributed by atoms with Gasteiger partial charge in [0.2, 0.25) is 5.95 Å². The van der Waals surface area contributed by atoms with Crippen molar-refractivity contribution in [3.63, 3.8) is 0 Å². The largest absolute Gasteiger partial charge is 0.464 e. The molecule has 154 valence electrons. The fourth-order valence-electron chi connectivity index (χ4n) is 3.52. The van der Waals surface area contributed by atoms with Gasteiger partial charge in [0.15, 0.2) is 0 Å². The van der Waals surface area contributed by atoms with E-state index in [2.05, 4.69) is 31.3 Å². The number of aromatic amines is 2. The predicted molar refractivity (Wildman–Crippen MR) is 121 cm³/mol. The normalized spacial score (nSPS) is 11.0. The van der Waals surface area contributed by atoms with Crippen LogP contribution in [0.2, 0.25) is 0 Å². The van der Waals surface area contributed by atoms with Gasteiger partial charge in [0.05, 0.1) is 7.11 Å². The average molecular weight is 412 g/mol. The SMILES string of the molecule is COC(=O)c1cc2cc(Nc3ccnc(N(C)c4ccc5[nH]ccc5c4)n3)ccc2[nH]1. The van der Waals surface area contributed by atoms with Crippen molar-refractivity contribution in [2.45, 2.75) is 0 Å². The molecule has 0 saturated heterocycles. The minimum Gasteiger partial charge on any atom is -0.464 e. The maximum Gasteiger partial charge on any atom is 0.354 e. The highest BCUT2D eigenvalue weighted by atomic mass is 16.5. The lowest BCUT2D eigenvalue weighted by molar-refractivity contribution is 0.0595. The highest BCUT2D eigenvalue weighted by molar-refractivity contribution is 5.95. The lowest BCUT2D eigenvalue weighted by Gasteiger charge is -2.18. The highest BCUT2D eigenvalue weighted by Crippen LogP contribution is 2.27. The molecule has 3 heterocycles. The van der Waals surface area contributed by atoms with Crippen molar-refractivity contribution in [2.75, 3.05) is 24.4 Å². The quantitative estimate of drug-likeness (QED) is 0.361. The first-order chi connectivity index (χ1) is 15.1. The number of aromatic nitrogens is 4. The molecule has 0 aliphatic carbocycles. The van der Waals surface area contributed by atoms with E-state index in [0.717, 1.165) is 33.2 Å². The molecular formula is C23H20N6O2. The van der Waals surface area contributed by atoms with Gasteiger partial charge in [0.1, 0.15) is 11.5 Å². The van der Waals surface area contributed by atoms with Crippen molar-refractivity contribution in [2.24, 2.45) is 0 Å². The molecule has 0 spiro atoms. The Morgan fingerprint density at radius 2 is 1.90 bits per heavy atom. The third kappa shape index (κ3) is 3.55. The number of esters is 1. The van der Waals surface area contributed by atoms with Crippen LogP contribution in [-0.2, 0) is 4.74 Å². The molecule has 31 heavy (non-hydrogen) atoms. The summed E-state index contributed by atoms with van der Waals surface area (Å²) in [6.07, 6.45) is 3.64. The second-order valence-electron chi connectivity index (χ2n) is 7.15. The number of hydrogen-bond donors (Lipinski definition) is 3. The van der Waals surface area contributed by atoms with Crippen molar-refractivity contribution in [3.8, 4) is 0 Å². The van der Waals surface area contributed by atoms with Crippen molar-refractivity contribution in [1.82, 2.24) is 19.9 Å². The van der Waals surface area contributed by atoms with Crippen LogP contribution in [0.1, 0.15) is 10.5 Å². The average Bonchev–Trinajstić information content (AvgIpc) is 3.44. The molecule has 0 radical (unpaired) electrons. The van der Waals surface area contributed by atoms with Gasteiger partial charge in [0, 0.05) is 52.6 Å². The van der Waals surface area contributed by atoms with Crippen LogP contribution < -0.4 is 10.2 Å². The van der Waals surface area contributed by atoms with Crippen molar-refractivity contribution in [3.05, 3.63) is 72.7 Å². The van der Waals surface area contributed by atoms with E-state index in [1.54, 1.807) is 12.3 Å². The molecule has 3 aromatic heterocycles. The molecular weight excluding hydrogens is 392 g/mol. The van der Waals surface area contributed by atoms with Crippen LogP contribution in [0, 0.1) is 0 Å². The van der Waals surface area contributed by atoms with Crippen LogP contribution in [0.3, 0.4) is 0 Å². The van der Waals surface area contributed by atoms with E-state index in [1.807, 2.05) is 60.6 Å². The van der Waals surface area contributed by atoms with Gasteiger partial charge in [-0.05, 0) is 54.6 Å². The summed E-state index contributed by atoms with van der Waals surface area (Å²) in [5.74, 6) is 0.852. The summed E-state index contributed by atoms with van der Waals surface area (Å²) >= 11 is 0. The summed E-state index contributed by atoms with van der Waals surface area (Å²) in [5.41, 5.74) is 4.20. The van der Waals surface area contributed by atoms with Crippen LogP contribution in [0.25, 0.3) is 21.8 Å². The summed E-state index contributed by atoms with van der Waals surface area (Å²) in [6, 6.07) is 17.6. The third-order valence-corrected chi connectivity index (χ3v) is 5.17. The summed E-state index contributed by atoms with van der Waals surface area (Å²) in [6.45, 7) is 0. The molecule has 0 unspecified atom stereocenters. The number of ether oxygens (including phenoxy) is 1. The maximum absolute atomic E-state index is 11.7. The van der Waals surface area contributed by atoms with Crippen LogP contribution >= 0.6 is 0 Å². The van der Waals surface area contributed by atoms with E-state index >= 15 is 0 Å². The number of nitrogens with zero attached hydrogens (tertiary/aromatic N) is 3. The summed E-state index contributed by atoms with van der Waals surface area (Å²) < 4.78 is 4.77. The zero-order chi connectivity index (χ0) is 21.4. The molecule has 5 aromatic rings. The van der Waals surface area contributed by atoms with Gasteiger partial charge in [-0.1, -0.05) is 0 Å². The van der Waals surface area contributed by atoms with E-state index < -0.39 is 5.97 Å². The molecule has 5 rings (SSSR count). The van der Waals surface area contributed by atoms with Crippen molar-refractivity contribution < 1.29 is 9.53 Å². The Kier molecular flexibility index (Phi) is 4.51. The van der Waals surface area contributed by atoms with Gasteiger partial charge >= 0.3 is 5.97 Å². The van der Waals surface area contributed by atoms with Crippen LogP contribution in [-0.4, -0.2) is 40.1 Å². The van der Waals surface area contributed by atoms with Gasteiger partial charge in [-0.3, -0.25) is 0 Å². The number of hydrogen-bond acceptors (Lipinski definition) is 6. The summed E-state index contributed by atoms with van der Waals surface area (Å²) in [5, 5.41) is 5.34. The van der Waals surface area contributed by atoms with Gasteiger partial charge in [-0.25, -0.2) is 9.78 Å². The Bertz CT molecular complexity index is 1400. The van der Waals surface area contributed by atoms with Crippen molar-refractivity contribution in [1.29, 1.82) is 0 Å². The second kappa shape index (κ2) is 7.49. The van der Waals surface area contributed by atoms with E-state index in [-0.39, 0.29) is 0 Å². The molecule has 0 saturated carbocycles. The minimum absolute atomic E-state index is 0.396. The Morgan fingerprint density at radius 3 is 2.77 bits per heavy atom. The lowest BCUT2D eigenvalue weighted by Crippen LogP contribution is -2.13. The number of methoxy groups -OCH3 is 1. The fourth-order valence-corrected chi connectivity index (χ4v) is 3.52.